The fourth-order valence-corrected chi connectivity index (χ4v) is 2.41. The molecule has 2 amide bonds. The van der Waals surface area contributed by atoms with Crippen LogP contribution in [-0.4, -0.2) is 31.0 Å². The third-order valence-electron chi connectivity index (χ3n) is 3.38. The Morgan fingerprint density at radius 3 is 3.11 bits per heavy atom. The quantitative estimate of drug-likeness (QED) is 0.711. The summed E-state index contributed by atoms with van der Waals surface area (Å²) in [6.07, 6.45) is 1.88. The Morgan fingerprint density at radius 2 is 2.32 bits per heavy atom. The molecule has 0 radical (unpaired) electrons. The van der Waals surface area contributed by atoms with E-state index < -0.39 is 6.04 Å². The van der Waals surface area contributed by atoms with Crippen LogP contribution in [0.5, 0.6) is 0 Å². The van der Waals surface area contributed by atoms with Crippen LogP contribution in [0, 0.1) is 0 Å². The van der Waals surface area contributed by atoms with E-state index in [1.807, 2.05) is 12.1 Å². The van der Waals surface area contributed by atoms with Crippen LogP contribution in [0.25, 0.3) is 0 Å². The first-order chi connectivity index (χ1) is 9.25. The summed E-state index contributed by atoms with van der Waals surface area (Å²) in [5.41, 5.74) is 4.88. The summed E-state index contributed by atoms with van der Waals surface area (Å²) >= 11 is 0. The number of nitrogens with one attached hydrogen (secondary N) is 3. The number of hydrogen-bond donors (Lipinski definition) is 3. The lowest BCUT2D eigenvalue weighted by Gasteiger charge is -2.21. The zero-order valence-corrected chi connectivity index (χ0v) is 10.4. The summed E-state index contributed by atoms with van der Waals surface area (Å²) < 4.78 is 0. The van der Waals surface area contributed by atoms with Gasteiger partial charge in [0.2, 0.25) is 0 Å². The van der Waals surface area contributed by atoms with Gasteiger partial charge in [0.15, 0.2) is 0 Å². The zero-order chi connectivity index (χ0) is 13.2. The number of rotatable bonds is 2. The van der Waals surface area contributed by atoms with E-state index in [2.05, 4.69) is 16.1 Å². The van der Waals surface area contributed by atoms with E-state index in [9.17, 15) is 9.59 Å². The summed E-state index contributed by atoms with van der Waals surface area (Å²) in [6.45, 7) is 1.09. The molecule has 1 aromatic rings. The molecule has 0 unspecified atom stereocenters. The van der Waals surface area contributed by atoms with Gasteiger partial charge in [0.05, 0.1) is 0 Å². The second-order valence-corrected chi connectivity index (χ2v) is 4.67. The van der Waals surface area contributed by atoms with Gasteiger partial charge in [-0.1, -0.05) is 6.07 Å². The smallest absolute Gasteiger partial charge is 0.268 e. The first-order valence-corrected chi connectivity index (χ1v) is 6.34. The van der Waals surface area contributed by atoms with Crippen molar-refractivity contribution in [3.05, 3.63) is 29.3 Å². The molecule has 0 aliphatic carbocycles. The highest BCUT2D eigenvalue weighted by Crippen LogP contribution is 2.25. The van der Waals surface area contributed by atoms with E-state index in [-0.39, 0.29) is 18.4 Å². The van der Waals surface area contributed by atoms with Crippen molar-refractivity contribution < 1.29 is 14.4 Å². The van der Waals surface area contributed by atoms with E-state index in [4.69, 9.17) is 4.84 Å². The largest absolute Gasteiger partial charge is 0.385 e. The average molecular weight is 261 g/mol. The molecule has 2 aliphatic heterocycles. The van der Waals surface area contributed by atoms with Gasteiger partial charge in [0.25, 0.3) is 11.8 Å². The molecule has 0 aromatic heterocycles. The zero-order valence-electron chi connectivity index (χ0n) is 10.4. The molecule has 2 aliphatic rings. The fraction of sp³-hybridized carbons (Fsp3) is 0.385. The van der Waals surface area contributed by atoms with Crippen LogP contribution in [0.15, 0.2) is 18.2 Å². The number of hydroxylamine groups is 1. The number of anilines is 1. The molecule has 6 heteroatoms. The molecule has 100 valence electrons. The second kappa shape index (κ2) is 4.89. The first-order valence-electron chi connectivity index (χ1n) is 6.34. The van der Waals surface area contributed by atoms with Gasteiger partial charge in [-0.25, -0.2) is 5.48 Å². The molecule has 3 N–H and O–H groups in total. The van der Waals surface area contributed by atoms with Gasteiger partial charge < -0.3 is 10.6 Å². The van der Waals surface area contributed by atoms with Crippen LogP contribution in [0.2, 0.25) is 0 Å². The number of hydrogen-bond acceptors (Lipinski definition) is 4. The molecule has 0 bridgehead atoms. The normalized spacial score (nSPS) is 21.3. The van der Waals surface area contributed by atoms with E-state index in [0.717, 1.165) is 30.6 Å². The Morgan fingerprint density at radius 1 is 1.42 bits per heavy atom. The number of benzene rings is 1. The maximum atomic E-state index is 12.2. The van der Waals surface area contributed by atoms with Crippen LogP contribution in [0.4, 0.5) is 5.69 Å². The maximum absolute atomic E-state index is 12.2. The van der Waals surface area contributed by atoms with E-state index in [0.29, 0.717) is 5.56 Å². The highest BCUT2D eigenvalue weighted by molar-refractivity contribution is 6.00. The van der Waals surface area contributed by atoms with Crippen molar-refractivity contribution >= 4 is 17.5 Å². The van der Waals surface area contributed by atoms with Crippen LogP contribution in [0.1, 0.15) is 22.3 Å². The van der Waals surface area contributed by atoms with Crippen molar-refractivity contribution in [3.8, 4) is 0 Å². The molecular formula is C13H15N3O3. The average Bonchev–Trinajstić information content (AvgIpc) is 2.83. The third-order valence-corrected chi connectivity index (χ3v) is 3.38. The Hall–Kier alpha value is -2.08. The van der Waals surface area contributed by atoms with Crippen LogP contribution < -0.4 is 16.1 Å². The van der Waals surface area contributed by atoms with Crippen molar-refractivity contribution in [2.45, 2.75) is 18.9 Å². The fourth-order valence-electron chi connectivity index (χ4n) is 2.41. The summed E-state index contributed by atoms with van der Waals surface area (Å²) in [6, 6.07) is 4.99. The summed E-state index contributed by atoms with van der Waals surface area (Å²) in [5.74, 6) is -0.539. The molecule has 3 rings (SSSR count). The van der Waals surface area contributed by atoms with Crippen LogP contribution in [0.3, 0.4) is 0 Å². The van der Waals surface area contributed by atoms with Gasteiger partial charge in [0, 0.05) is 17.8 Å². The lowest BCUT2D eigenvalue weighted by Crippen LogP contribution is -2.42. The first kappa shape index (κ1) is 12.0. The van der Waals surface area contributed by atoms with Crippen molar-refractivity contribution in [3.63, 3.8) is 0 Å². The molecular weight excluding hydrogens is 246 g/mol. The monoisotopic (exact) mass is 261 g/mol. The van der Waals surface area contributed by atoms with Crippen LogP contribution in [-0.2, 0) is 16.1 Å². The standard InChI is InChI=1S/C13H15N3O3/c17-12(15-11-7-19-16-13(11)18)9-3-1-5-10-8(9)4-2-6-14-10/h1,3,5,11,14H,2,4,6-7H2,(H,15,17)(H,16,18)/t11-/m1/s1. The molecule has 1 aromatic carbocycles. The van der Waals surface area contributed by atoms with E-state index in [1.165, 1.54) is 0 Å². The SMILES string of the molecule is O=C(N[C@@H]1CONC1=O)c1cccc2c1CCCN2. The minimum atomic E-state index is -0.611. The minimum Gasteiger partial charge on any atom is -0.385 e. The minimum absolute atomic E-state index is 0.165. The number of carbonyl (C=O) groups excluding carboxylic acids is 2. The molecule has 0 spiro atoms. The summed E-state index contributed by atoms with van der Waals surface area (Å²) in [5, 5.41) is 5.97. The van der Waals surface area contributed by atoms with Crippen molar-refractivity contribution in [1.29, 1.82) is 0 Å². The second-order valence-electron chi connectivity index (χ2n) is 4.67. The molecule has 0 saturated carbocycles. The van der Waals surface area contributed by atoms with Gasteiger partial charge in [0.1, 0.15) is 12.6 Å². The molecule has 6 nitrogen and oxygen atoms in total. The lowest BCUT2D eigenvalue weighted by molar-refractivity contribution is -0.125. The summed E-state index contributed by atoms with van der Waals surface area (Å²) in [7, 11) is 0. The highest BCUT2D eigenvalue weighted by atomic mass is 16.7. The van der Waals surface area contributed by atoms with E-state index in [1.54, 1.807) is 6.07 Å². The molecule has 1 atom stereocenters. The van der Waals surface area contributed by atoms with Crippen LogP contribution >= 0.6 is 0 Å². The third kappa shape index (κ3) is 2.26. The molecule has 19 heavy (non-hydrogen) atoms. The van der Waals surface area contributed by atoms with Crippen molar-refractivity contribution in [2.24, 2.45) is 0 Å². The van der Waals surface area contributed by atoms with E-state index >= 15 is 0 Å². The predicted molar refractivity (Wildman–Crippen MR) is 68.6 cm³/mol. The molecule has 2 heterocycles. The Bertz CT molecular complexity index is 530. The number of carbonyl (C=O) groups is 2. The Kier molecular flexibility index (Phi) is 3.08. The number of fused-ring (bicyclic) bond motifs is 1. The molecule has 1 fully saturated rings. The van der Waals surface area contributed by atoms with Gasteiger partial charge in [-0.05, 0) is 30.5 Å². The van der Waals surface area contributed by atoms with Gasteiger partial charge >= 0.3 is 0 Å². The lowest BCUT2D eigenvalue weighted by atomic mass is 9.97. The Labute approximate surface area is 110 Å². The van der Waals surface area contributed by atoms with Crippen molar-refractivity contribution in [1.82, 2.24) is 10.8 Å². The summed E-state index contributed by atoms with van der Waals surface area (Å²) in [4.78, 5) is 28.4. The van der Waals surface area contributed by atoms with Gasteiger partial charge in [-0.3, -0.25) is 14.4 Å². The predicted octanol–water partition coefficient (Wildman–Crippen LogP) is 0.204. The maximum Gasteiger partial charge on any atom is 0.268 e. The topological polar surface area (TPSA) is 79.5 Å². The Balaban J connectivity index is 1.81. The highest BCUT2D eigenvalue weighted by Gasteiger charge is 2.28. The molecule has 1 saturated heterocycles. The van der Waals surface area contributed by atoms with Crippen molar-refractivity contribution in [2.75, 3.05) is 18.5 Å². The number of amides is 2. The van der Waals surface area contributed by atoms with Gasteiger partial charge in [-0.15, -0.1) is 0 Å². The van der Waals surface area contributed by atoms with Gasteiger partial charge in [-0.2, -0.15) is 0 Å².